The lowest BCUT2D eigenvalue weighted by Crippen LogP contribution is -2.35. The molecule has 5 nitrogen and oxygen atoms in total. The SMILES string of the molecule is COc1ccc(Cl)cc1CN1CCC(CNc2ncccn2)CC1.Cl.Cl. The predicted molar refractivity (Wildman–Crippen MR) is 111 cm³/mol. The highest BCUT2D eigenvalue weighted by molar-refractivity contribution is 6.30. The Morgan fingerprint density at radius 3 is 2.54 bits per heavy atom. The molecule has 0 unspecified atom stereocenters. The number of hydrogen-bond acceptors (Lipinski definition) is 5. The van der Waals surface area contributed by atoms with Crippen LogP contribution in [-0.2, 0) is 6.54 Å². The van der Waals surface area contributed by atoms with Crippen molar-refractivity contribution in [3.8, 4) is 5.75 Å². The van der Waals surface area contributed by atoms with E-state index >= 15 is 0 Å². The van der Waals surface area contributed by atoms with Crippen molar-refractivity contribution >= 4 is 42.4 Å². The molecular weight excluding hydrogens is 395 g/mol. The average Bonchev–Trinajstić information content (AvgIpc) is 2.62. The molecule has 1 aliphatic heterocycles. The standard InChI is InChI=1S/C18H23ClN4O.2ClH/c1-24-17-4-3-16(19)11-15(17)13-23-9-5-14(6-10-23)12-22-18-20-7-2-8-21-18;;/h2-4,7-8,11,14H,5-6,9-10,12-13H2,1H3,(H,20,21,22);2*1H. The van der Waals surface area contributed by atoms with Gasteiger partial charge in [-0.2, -0.15) is 0 Å². The second-order valence-electron chi connectivity index (χ2n) is 6.13. The van der Waals surface area contributed by atoms with Crippen molar-refractivity contribution in [2.45, 2.75) is 19.4 Å². The smallest absolute Gasteiger partial charge is 0.222 e. The van der Waals surface area contributed by atoms with Crippen LogP contribution in [0, 0.1) is 5.92 Å². The molecule has 0 aliphatic carbocycles. The fourth-order valence-electron chi connectivity index (χ4n) is 3.09. The molecule has 8 heteroatoms. The number of likely N-dealkylation sites (tertiary alicyclic amines) is 1. The van der Waals surface area contributed by atoms with Crippen molar-refractivity contribution < 1.29 is 4.74 Å². The Balaban J connectivity index is 0.00000169. The van der Waals surface area contributed by atoms with Crippen molar-refractivity contribution in [2.24, 2.45) is 5.92 Å². The maximum absolute atomic E-state index is 6.12. The molecule has 3 rings (SSSR count). The van der Waals surface area contributed by atoms with E-state index in [0.717, 1.165) is 42.5 Å². The Morgan fingerprint density at radius 2 is 1.88 bits per heavy atom. The van der Waals surface area contributed by atoms with E-state index in [4.69, 9.17) is 16.3 Å². The van der Waals surface area contributed by atoms with E-state index in [2.05, 4.69) is 20.2 Å². The number of hydrogen-bond donors (Lipinski definition) is 1. The molecule has 1 fully saturated rings. The zero-order valence-corrected chi connectivity index (χ0v) is 17.1. The number of anilines is 1. The summed E-state index contributed by atoms with van der Waals surface area (Å²) in [5.74, 6) is 2.28. The largest absolute Gasteiger partial charge is 0.496 e. The van der Waals surface area contributed by atoms with Gasteiger partial charge in [0.25, 0.3) is 0 Å². The first-order valence-corrected chi connectivity index (χ1v) is 8.68. The van der Waals surface area contributed by atoms with Crippen LogP contribution in [0.2, 0.25) is 5.02 Å². The fourth-order valence-corrected chi connectivity index (χ4v) is 3.28. The molecule has 26 heavy (non-hydrogen) atoms. The Hall–Kier alpha value is -1.27. The minimum atomic E-state index is 0. The molecule has 0 saturated carbocycles. The Labute approximate surface area is 172 Å². The van der Waals surface area contributed by atoms with Gasteiger partial charge in [0.15, 0.2) is 0 Å². The molecule has 1 saturated heterocycles. The van der Waals surface area contributed by atoms with Crippen LogP contribution in [0.4, 0.5) is 5.95 Å². The van der Waals surface area contributed by atoms with E-state index in [1.807, 2.05) is 24.3 Å². The van der Waals surface area contributed by atoms with Gasteiger partial charge < -0.3 is 10.1 Å². The molecular formula is C18H25Cl3N4O. The number of nitrogens with one attached hydrogen (secondary N) is 1. The predicted octanol–water partition coefficient (Wildman–Crippen LogP) is 4.31. The maximum atomic E-state index is 6.12. The van der Waals surface area contributed by atoms with Crippen molar-refractivity contribution in [2.75, 3.05) is 32.1 Å². The monoisotopic (exact) mass is 418 g/mol. The van der Waals surface area contributed by atoms with Gasteiger partial charge in [0, 0.05) is 36.1 Å². The number of nitrogens with zero attached hydrogens (tertiary/aromatic N) is 3. The van der Waals surface area contributed by atoms with Crippen molar-refractivity contribution in [3.05, 3.63) is 47.2 Å². The van der Waals surface area contributed by atoms with Crippen LogP contribution in [0.3, 0.4) is 0 Å². The van der Waals surface area contributed by atoms with Crippen LogP contribution in [0.15, 0.2) is 36.7 Å². The number of halogens is 3. The fraction of sp³-hybridized carbons (Fsp3) is 0.444. The molecule has 0 radical (unpaired) electrons. The summed E-state index contributed by atoms with van der Waals surface area (Å²) in [7, 11) is 1.70. The lowest BCUT2D eigenvalue weighted by molar-refractivity contribution is 0.180. The van der Waals surface area contributed by atoms with E-state index in [1.54, 1.807) is 19.5 Å². The normalized spacial score (nSPS) is 14.8. The number of methoxy groups -OCH3 is 1. The summed E-state index contributed by atoms with van der Waals surface area (Å²) >= 11 is 6.12. The first-order valence-electron chi connectivity index (χ1n) is 8.30. The van der Waals surface area contributed by atoms with Gasteiger partial charge in [-0.3, -0.25) is 4.90 Å². The van der Waals surface area contributed by atoms with E-state index in [9.17, 15) is 0 Å². The third kappa shape index (κ3) is 6.47. The summed E-state index contributed by atoms with van der Waals surface area (Å²) in [6.45, 7) is 3.97. The minimum absolute atomic E-state index is 0. The van der Waals surface area contributed by atoms with Gasteiger partial charge in [0.05, 0.1) is 7.11 Å². The highest BCUT2D eigenvalue weighted by Crippen LogP contribution is 2.26. The van der Waals surface area contributed by atoms with Crippen LogP contribution in [0.1, 0.15) is 18.4 Å². The highest BCUT2D eigenvalue weighted by Gasteiger charge is 2.20. The van der Waals surface area contributed by atoms with Crippen LogP contribution in [0.25, 0.3) is 0 Å². The summed E-state index contributed by atoms with van der Waals surface area (Å²) in [5.41, 5.74) is 1.15. The van der Waals surface area contributed by atoms with Gasteiger partial charge in [0.1, 0.15) is 5.75 Å². The molecule has 2 aromatic rings. The van der Waals surface area contributed by atoms with Crippen molar-refractivity contribution in [3.63, 3.8) is 0 Å². The van der Waals surface area contributed by atoms with E-state index in [1.165, 1.54) is 12.8 Å². The number of ether oxygens (including phenoxy) is 1. The van der Waals surface area contributed by atoms with E-state index in [0.29, 0.717) is 11.9 Å². The number of aromatic nitrogens is 2. The summed E-state index contributed by atoms with van der Waals surface area (Å²) in [6, 6.07) is 7.64. The molecule has 0 bridgehead atoms. The molecule has 2 heterocycles. The van der Waals surface area contributed by atoms with Crippen LogP contribution in [0.5, 0.6) is 5.75 Å². The zero-order chi connectivity index (χ0) is 16.8. The molecule has 0 atom stereocenters. The van der Waals surface area contributed by atoms with Gasteiger partial charge in [-0.25, -0.2) is 9.97 Å². The number of benzene rings is 1. The first kappa shape index (κ1) is 22.8. The van der Waals surface area contributed by atoms with E-state index in [-0.39, 0.29) is 24.8 Å². The van der Waals surface area contributed by atoms with Crippen molar-refractivity contribution in [1.82, 2.24) is 14.9 Å². The third-order valence-corrected chi connectivity index (χ3v) is 4.69. The number of piperidine rings is 1. The molecule has 1 aliphatic rings. The summed E-state index contributed by atoms with van der Waals surface area (Å²) in [6.07, 6.45) is 5.86. The van der Waals surface area contributed by atoms with Gasteiger partial charge >= 0.3 is 0 Å². The minimum Gasteiger partial charge on any atom is -0.496 e. The van der Waals surface area contributed by atoms with Gasteiger partial charge in [0.2, 0.25) is 5.95 Å². The zero-order valence-electron chi connectivity index (χ0n) is 14.7. The van der Waals surface area contributed by atoms with Gasteiger partial charge in [-0.05, 0) is 56.1 Å². The second kappa shape index (κ2) is 11.4. The molecule has 1 N–H and O–H groups in total. The number of rotatable bonds is 6. The molecule has 144 valence electrons. The quantitative estimate of drug-likeness (QED) is 0.756. The van der Waals surface area contributed by atoms with Crippen LogP contribution < -0.4 is 10.1 Å². The summed E-state index contributed by atoms with van der Waals surface area (Å²) < 4.78 is 5.44. The Morgan fingerprint density at radius 1 is 1.19 bits per heavy atom. The van der Waals surface area contributed by atoms with Crippen molar-refractivity contribution in [1.29, 1.82) is 0 Å². The topological polar surface area (TPSA) is 50.3 Å². The summed E-state index contributed by atoms with van der Waals surface area (Å²) in [5, 5.41) is 4.08. The molecule has 1 aromatic heterocycles. The van der Waals surface area contributed by atoms with E-state index < -0.39 is 0 Å². The lowest BCUT2D eigenvalue weighted by Gasteiger charge is -2.32. The lowest BCUT2D eigenvalue weighted by atomic mass is 9.96. The molecule has 0 amide bonds. The van der Waals surface area contributed by atoms with Gasteiger partial charge in [-0.15, -0.1) is 24.8 Å². The van der Waals surface area contributed by atoms with Crippen LogP contribution >= 0.6 is 36.4 Å². The maximum Gasteiger partial charge on any atom is 0.222 e. The second-order valence-corrected chi connectivity index (χ2v) is 6.57. The van der Waals surface area contributed by atoms with Crippen LogP contribution in [-0.4, -0.2) is 41.6 Å². The third-order valence-electron chi connectivity index (χ3n) is 4.46. The average molecular weight is 420 g/mol. The first-order chi connectivity index (χ1) is 11.7. The highest BCUT2D eigenvalue weighted by atomic mass is 35.5. The molecule has 0 spiro atoms. The Kier molecular flexibility index (Phi) is 10.0. The Bertz CT molecular complexity index is 652. The summed E-state index contributed by atoms with van der Waals surface area (Å²) in [4.78, 5) is 10.9. The molecule has 1 aromatic carbocycles. The van der Waals surface area contributed by atoms with Gasteiger partial charge in [-0.1, -0.05) is 11.6 Å².